The summed E-state index contributed by atoms with van der Waals surface area (Å²) in [6.07, 6.45) is 0. The second-order valence-corrected chi connectivity index (χ2v) is 7.32. The van der Waals surface area contributed by atoms with E-state index in [1.54, 1.807) is 26.0 Å². The number of nitrogens with one attached hydrogen (secondary N) is 1. The van der Waals surface area contributed by atoms with E-state index >= 15 is 0 Å². The number of aryl methyl sites for hydroxylation is 3. The molecule has 0 saturated carbocycles. The molecule has 0 aliphatic rings. The van der Waals surface area contributed by atoms with Crippen molar-refractivity contribution in [2.24, 2.45) is 0 Å². The Hall–Kier alpha value is -2.47. The van der Waals surface area contributed by atoms with E-state index < -0.39 is 10.0 Å². The van der Waals surface area contributed by atoms with Gasteiger partial charge < -0.3 is 5.11 Å². The van der Waals surface area contributed by atoms with Crippen molar-refractivity contribution in [3.63, 3.8) is 0 Å². The highest BCUT2D eigenvalue weighted by Crippen LogP contribution is 2.26. The molecule has 6 heteroatoms. The van der Waals surface area contributed by atoms with Crippen LogP contribution in [0.5, 0.6) is 5.88 Å². The first-order valence-corrected chi connectivity index (χ1v) is 8.68. The first-order valence-electron chi connectivity index (χ1n) is 7.20. The Balaban J connectivity index is 2.13. The van der Waals surface area contributed by atoms with Gasteiger partial charge in [-0.05, 0) is 38.0 Å². The fourth-order valence-electron chi connectivity index (χ4n) is 2.99. The fourth-order valence-corrected chi connectivity index (χ4v) is 4.48. The van der Waals surface area contributed by atoms with Crippen LogP contribution in [0, 0.1) is 20.8 Å². The first kappa shape index (κ1) is 15.4. The van der Waals surface area contributed by atoms with Gasteiger partial charge in [0.2, 0.25) is 5.88 Å². The van der Waals surface area contributed by atoms with Gasteiger partial charge in [-0.25, -0.2) is 9.51 Å². The molecule has 2 N–H and O–H groups in total. The minimum absolute atomic E-state index is 0.155. The molecule has 0 aliphatic carbocycles. The molecule has 0 fully saturated rings. The van der Waals surface area contributed by atoms with Crippen LogP contribution in [0.25, 0.3) is 10.9 Å². The van der Waals surface area contributed by atoms with Crippen LogP contribution < -0.4 is 4.83 Å². The molecular formula is C17H18N2O3S. The molecule has 0 bridgehead atoms. The zero-order valence-corrected chi connectivity index (χ0v) is 14.0. The third-order valence-electron chi connectivity index (χ3n) is 3.78. The molecule has 0 atom stereocenters. The summed E-state index contributed by atoms with van der Waals surface area (Å²) >= 11 is 0. The van der Waals surface area contributed by atoms with Crippen molar-refractivity contribution < 1.29 is 13.5 Å². The number of benzene rings is 2. The number of nitrogens with zero attached hydrogens (tertiary/aromatic N) is 1. The van der Waals surface area contributed by atoms with E-state index in [0.29, 0.717) is 16.6 Å². The van der Waals surface area contributed by atoms with Crippen molar-refractivity contribution in [3.8, 4) is 5.88 Å². The van der Waals surface area contributed by atoms with Gasteiger partial charge in [0.1, 0.15) is 0 Å². The van der Waals surface area contributed by atoms with Crippen LogP contribution >= 0.6 is 0 Å². The maximum Gasteiger partial charge on any atom is 0.275 e. The topological polar surface area (TPSA) is 71.3 Å². The van der Waals surface area contributed by atoms with E-state index in [2.05, 4.69) is 4.83 Å². The lowest BCUT2D eigenvalue weighted by molar-refractivity contribution is 0.439. The summed E-state index contributed by atoms with van der Waals surface area (Å²) in [7, 11) is -3.82. The summed E-state index contributed by atoms with van der Waals surface area (Å²) in [6, 6.07) is 12.3. The van der Waals surface area contributed by atoms with Gasteiger partial charge in [0.25, 0.3) is 10.0 Å². The molecule has 0 amide bonds. The fraction of sp³-hybridized carbons (Fsp3) is 0.176. The Labute approximate surface area is 135 Å². The lowest BCUT2D eigenvalue weighted by Gasteiger charge is -2.15. The zero-order chi connectivity index (χ0) is 16.8. The number of hydrogen-bond acceptors (Lipinski definition) is 3. The first-order chi connectivity index (χ1) is 10.8. The SMILES string of the molecule is Cc1cc(C)c(S(=O)(=O)Nn2c(O)cc3ccccc32)c(C)c1. The third-order valence-corrected chi connectivity index (χ3v) is 5.38. The second kappa shape index (κ2) is 5.31. The molecule has 1 aromatic heterocycles. The molecule has 0 spiro atoms. The largest absolute Gasteiger partial charge is 0.493 e. The summed E-state index contributed by atoms with van der Waals surface area (Å²) in [4.78, 5) is 2.70. The molecular weight excluding hydrogens is 312 g/mol. The summed E-state index contributed by atoms with van der Waals surface area (Å²) in [5, 5.41) is 10.8. The number of rotatable bonds is 3. The number of fused-ring (bicyclic) bond motifs is 1. The average molecular weight is 330 g/mol. The molecule has 0 aliphatic heterocycles. The van der Waals surface area contributed by atoms with Crippen LogP contribution in [0.15, 0.2) is 47.4 Å². The molecule has 0 radical (unpaired) electrons. The highest BCUT2D eigenvalue weighted by molar-refractivity contribution is 7.92. The molecule has 5 nitrogen and oxygen atoms in total. The minimum atomic E-state index is -3.82. The summed E-state index contributed by atoms with van der Waals surface area (Å²) in [5.41, 5.74) is 2.95. The van der Waals surface area contributed by atoms with Crippen molar-refractivity contribution in [1.82, 2.24) is 4.68 Å². The van der Waals surface area contributed by atoms with Crippen molar-refractivity contribution in [1.29, 1.82) is 0 Å². The molecule has 3 aromatic rings. The Bertz CT molecular complexity index is 981. The van der Waals surface area contributed by atoms with E-state index in [0.717, 1.165) is 10.9 Å². The maximum atomic E-state index is 12.8. The summed E-state index contributed by atoms with van der Waals surface area (Å²) in [6.45, 7) is 5.46. The van der Waals surface area contributed by atoms with Crippen LogP contribution in [-0.2, 0) is 10.0 Å². The molecule has 0 saturated heterocycles. The van der Waals surface area contributed by atoms with Gasteiger partial charge in [-0.1, -0.05) is 35.9 Å². The predicted molar refractivity (Wildman–Crippen MR) is 90.8 cm³/mol. The Kier molecular flexibility index (Phi) is 3.56. The molecule has 120 valence electrons. The van der Waals surface area contributed by atoms with Gasteiger partial charge in [-0.2, -0.15) is 8.42 Å². The van der Waals surface area contributed by atoms with Crippen molar-refractivity contribution in [2.45, 2.75) is 25.7 Å². The Morgan fingerprint density at radius 2 is 1.61 bits per heavy atom. The summed E-state index contributed by atoms with van der Waals surface area (Å²) < 4.78 is 26.8. The normalized spacial score (nSPS) is 11.8. The predicted octanol–water partition coefficient (Wildman–Crippen LogP) is 3.20. The molecule has 1 heterocycles. The molecule has 23 heavy (non-hydrogen) atoms. The van der Waals surface area contributed by atoms with Crippen LogP contribution in [0.1, 0.15) is 16.7 Å². The van der Waals surface area contributed by atoms with E-state index in [9.17, 15) is 13.5 Å². The van der Waals surface area contributed by atoms with Gasteiger partial charge in [-0.15, -0.1) is 0 Å². The quantitative estimate of drug-likeness (QED) is 0.774. The summed E-state index contributed by atoms with van der Waals surface area (Å²) in [5.74, 6) is -0.155. The monoisotopic (exact) mass is 330 g/mol. The van der Waals surface area contributed by atoms with Crippen LogP contribution in [0.4, 0.5) is 0 Å². The highest BCUT2D eigenvalue weighted by Gasteiger charge is 2.22. The van der Waals surface area contributed by atoms with Gasteiger partial charge in [0.05, 0.1) is 10.4 Å². The molecule has 0 unspecified atom stereocenters. The van der Waals surface area contributed by atoms with E-state index in [-0.39, 0.29) is 10.8 Å². The molecule has 3 rings (SSSR count). The smallest absolute Gasteiger partial charge is 0.275 e. The van der Waals surface area contributed by atoms with Gasteiger partial charge in [-0.3, -0.25) is 0 Å². The van der Waals surface area contributed by atoms with E-state index in [1.165, 1.54) is 10.7 Å². The zero-order valence-electron chi connectivity index (χ0n) is 13.2. The van der Waals surface area contributed by atoms with Gasteiger partial charge in [0, 0.05) is 11.5 Å². The Morgan fingerprint density at radius 1 is 1.00 bits per heavy atom. The van der Waals surface area contributed by atoms with E-state index in [1.807, 2.05) is 31.2 Å². The third kappa shape index (κ3) is 2.66. The van der Waals surface area contributed by atoms with Crippen LogP contribution in [0.3, 0.4) is 0 Å². The van der Waals surface area contributed by atoms with Crippen LogP contribution in [0.2, 0.25) is 0 Å². The number of aromatic hydroxyl groups is 1. The lowest BCUT2D eigenvalue weighted by atomic mass is 10.1. The second-order valence-electron chi connectivity index (χ2n) is 5.72. The van der Waals surface area contributed by atoms with Gasteiger partial charge in [0.15, 0.2) is 0 Å². The lowest BCUT2D eigenvalue weighted by Crippen LogP contribution is -2.24. The number of sulfonamides is 1. The Morgan fingerprint density at radius 3 is 2.26 bits per heavy atom. The van der Waals surface area contributed by atoms with E-state index in [4.69, 9.17) is 0 Å². The molecule has 2 aromatic carbocycles. The standard InChI is InChI=1S/C17H18N2O3S/c1-11-8-12(2)17(13(3)9-11)23(21,22)18-19-15-7-5-4-6-14(15)10-16(19)20/h4-10,18,20H,1-3H3. The number of hydrogen-bond donors (Lipinski definition) is 2. The van der Waals surface area contributed by atoms with Gasteiger partial charge >= 0.3 is 0 Å². The number of para-hydroxylation sites is 1. The van der Waals surface area contributed by atoms with Crippen LogP contribution in [-0.4, -0.2) is 18.2 Å². The highest BCUT2D eigenvalue weighted by atomic mass is 32.2. The number of aromatic nitrogens is 1. The van der Waals surface area contributed by atoms with Crippen molar-refractivity contribution in [3.05, 3.63) is 59.2 Å². The average Bonchev–Trinajstić information content (AvgIpc) is 2.73. The maximum absolute atomic E-state index is 12.8. The van der Waals surface area contributed by atoms with Crippen molar-refractivity contribution in [2.75, 3.05) is 4.83 Å². The minimum Gasteiger partial charge on any atom is -0.493 e. The van der Waals surface area contributed by atoms with Crippen molar-refractivity contribution >= 4 is 20.9 Å².